The van der Waals surface area contributed by atoms with Crippen molar-refractivity contribution in [2.45, 2.75) is 17.0 Å². The summed E-state index contributed by atoms with van der Waals surface area (Å²) in [4.78, 5) is 21.7. The maximum atomic E-state index is 13.1. The molecule has 0 aliphatic carbocycles. The van der Waals surface area contributed by atoms with E-state index >= 15 is 0 Å². The monoisotopic (exact) mass is 465 g/mol. The van der Waals surface area contributed by atoms with Gasteiger partial charge in [0.2, 0.25) is 0 Å². The fourth-order valence-electron chi connectivity index (χ4n) is 3.03. The van der Waals surface area contributed by atoms with Crippen LogP contribution in [0.2, 0.25) is 0 Å². The molecule has 0 aliphatic heterocycles. The molecule has 0 spiro atoms. The molecule has 1 aromatic carbocycles. The van der Waals surface area contributed by atoms with Gasteiger partial charge in [0.25, 0.3) is 5.91 Å². The van der Waals surface area contributed by atoms with Crippen molar-refractivity contribution < 1.29 is 9.21 Å². The minimum absolute atomic E-state index is 0.285. The van der Waals surface area contributed by atoms with E-state index in [1.807, 2.05) is 48.7 Å². The largest absolute Gasteiger partial charge is 0.451 e. The van der Waals surface area contributed by atoms with Crippen LogP contribution in [0.25, 0.3) is 22.2 Å². The molecule has 0 bridgehead atoms. The van der Waals surface area contributed by atoms with Gasteiger partial charge in [-0.25, -0.2) is 4.98 Å². The molecule has 10 heteroatoms. The van der Waals surface area contributed by atoms with Crippen LogP contribution in [0.5, 0.6) is 0 Å². The molecule has 4 aromatic heterocycles. The number of amides is 1. The molecule has 1 N–H and O–H groups in total. The molecule has 154 valence electrons. The summed E-state index contributed by atoms with van der Waals surface area (Å²) in [5.41, 5.74) is 3.16. The number of hydrogen-bond acceptors (Lipinski definition) is 9. The summed E-state index contributed by atoms with van der Waals surface area (Å²) >= 11 is 4.43. The molecule has 0 aliphatic rings. The third kappa shape index (κ3) is 4.22. The molecule has 1 amide bonds. The molecule has 0 saturated carbocycles. The van der Waals surface area contributed by atoms with Gasteiger partial charge in [-0.05, 0) is 25.1 Å². The molecule has 31 heavy (non-hydrogen) atoms. The van der Waals surface area contributed by atoms with Gasteiger partial charge in [0.1, 0.15) is 10.6 Å². The van der Waals surface area contributed by atoms with E-state index in [1.165, 1.54) is 34.4 Å². The average Bonchev–Trinajstić information content (AvgIpc) is 3.51. The molecule has 0 saturated heterocycles. The van der Waals surface area contributed by atoms with Crippen molar-refractivity contribution in [1.82, 2.24) is 20.2 Å². The van der Waals surface area contributed by atoms with Gasteiger partial charge in [0.05, 0.1) is 5.69 Å². The Balaban J connectivity index is 1.41. The molecule has 5 rings (SSSR count). The zero-order valence-electron chi connectivity index (χ0n) is 16.2. The zero-order chi connectivity index (χ0) is 21.2. The predicted octanol–water partition coefficient (Wildman–Crippen LogP) is 5.66. The number of thiazole rings is 1. The predicted molar refractivity (Wildman–Crippen MR) is 124 cm³/mol. The highest BCUT2D eigenvalue weighted by atomic mass is 32.2. The van der Waals surface area contributed by atoms with Crippen molar-refractivity contribution in [3.8, 4) is 11.3 Å². The van der Waals surface area contributed by atoms with Gasteiger partial charge in [-0.3, -0.25) is 15.1 Å². The maximum absolute atomic E-state index is 13.1. The molecule has 0 atom stereocenters. The van der Waals surface area contributed by atoms with Crippen molar-refractivity contribution in [3.63, 3.8) is 0 Å². The summed E-state index contributed by atoms with van der Waals surface area (Å²) in [6.45, 7) is 1.92. The molecule has 4 heterocycles. The summed E-state index contributed by atoms with van der Waals surface area (Å²) in [6.07, 6.45) is 3.45. The highest BCUT2D eigenvalue weighted by Gasteiger charge is 2.22. The SMILES string of the molecule is Cc1nnc(SCc2c(C(=O)Nc3nc(-c4cccnc4)cs3)oc3ccccc23)s1. The van der Waals surface area contributed by atoms with Gasteiger partial charge in [0, 0.05) is 40.0 Å². The van der Waals surface area contributed by atoms with E-state index in [0.717, 1.165) is 31.6 Å². The Labute approximate surface area is 189 Å². The zero-order valence-corrected chi connectivity index (χ0v) is 18.7. The Hall–Kier alpha value is -3.08. The Morgan fingerprint density at radius 3 is 2.90 bits per heavy atom. The normalized spacial score (nSPS) is 11.1. The van der Waals surface area contributed by atoms with E-state index < -0.39 is 0 Å². The molecule has 0 radical (unpaired) electrons. The van der Waals surface area contributed by atoms with E-state index in [0.29, 0.717) is 16.5 Å². The number of carbonyl (C=O) groups is 1. The minimum Gasteiger partial charge on any atom is -0.451 e. The number of pyridine rings is 1. The van der Waals surface area contributed by atoms with E-state index in [9.17, 15) is 4.79 Å². The van der Waals surface area contributed by atoms with Gasteiger partial charge in [-0.1, -0.05) is 41.3 Å². The second kappa shape index (κ2) is 8.58. The molecule has 0 fully saturated rings. The van der Waals surface area contributed by atoms with Gasteiger partial charge < -0.3 is 4.42 Å². The number of anilines is 1. The molecular weight excluding hydrogens is 450 g/mol. The van der Waals surface area contributed by atoms with E-state index in [2.05, 4.69) is 25.5 Å². The van der Waals surface area contributed by atoms with E-state index in [1.54, 1.807) is 12.4 Å². The minimum atomic E-state index is -0.327. The first-order valence-corrected chi connectivity index (χ1v) is 12.0. The van der Waals surface area contributed by atoms with Crippen LogP contribution < -0.4 is 5.32 Å². The number of hydrogen-bond donors (Lipinski definition) is 1. The van der Waals surface area contributed by atoms with Crippen LogP contribution in [-0.2, 0) is 5.75 Å². The van der Waals surface area contributed by atoms with Crippen molar-refractivity contribution in [1.29, 1.82) is 0 Å². The van der Waals surface area contributed by atoms with Crippen LogP contribution in [-0.4, -0.2) is 26.1 Å². The van der Waals surface area contributed by atoms with Crippen molar-refractivity contribution in [2.24, 2.45) is 0 Å². The number of carbonyl (C=O) groups excluding carboxylic acids is 1. The number of rotatable bonds is 6. The highest BCUT2D eigenvalue weighted by molar-refractivity contribution is 8.00. The Morgan fingerprint density at radius 2 is 2.10 bits per heavy atom. The summed E-state index contributed by atoms with van der Waals surface area (Å²) in [5, 5.41) is 15.3. The van der Waals surface area contributed by atoms with Crippen LogP contribution in [0.4, 0.5) is 5.13 Å². The van der Waals surface area contributed by atoms with Crippen LogP contribution >= 0.6 is 34.4 Å². The molecule has 7 nitrogen and oxygen atoms in total. The molecule has 5 aromatic rings. The van der Waals surface area contributed by atoms with Crippen LogP contribution in [0.15, 0.2) is 62.9 Å². The lowest BCUT2D eigenvalue weighted by molar-refractivity contribution is 0.0998. The smallest absolute Gasteiger partial charge is 0.293 e. The van der Waals surface area contributed by atoms with Crippen molar-refractivity contribution in [3.05, 3.63) is 70.5 Å². The van der Waals surface area contributed by atoms with Gasteiger partial charge in [0.15, 0.2) is 15.2 Å². The first kappa shape index (κ1) is 19.9. The lowest BCUT2D eigenvalue weighted by Gasteiger charge is -2.02. The van der Waals surface area contributed by atoms with Crippen LogP contribution in [0.1, 0.15) is 21.1 Å². The number of para-hydroxylation sites is 1. The first-order valence-electron chi connectivity index (χ1n) is 9.28. The average molecular weight is 466 g/mol. The Kier molecular flexibility index (Phi) is 5.49. The second-order valence-corrected chi connectivity index (χ2v) is 9.78. The summed E-state index contributed by atoms with van der Waals surface area (Å²) in [7, 11) is 0. The third-order valence-corrected chi connectivity index (χ3v) is 7.19. The van der Waals surface area contributed by atoms with Gasteiger partial charge >= 0.3 is 0 Å². The number of benzene rings is 1. The third-order valence-electron chi connectivity index (χ3n) is 4.43. The summed E-state index contributed by atoms with van der Waals surface area (Å²) in [5.74, 6) is 0.508. The number of fused-ring (bicyclic) bond motifs is 1. The Bertz CT molecular complexity index is 1360. The van der Waals surface area contributed by atoms with Crippen LogP contribution in [0, 0.1) is 6.92 Å². The lowest BCUT2D eigenvalue weighted by atomic mass is 10.1. The summed E-state index contributed by atoms with van der Waals surface area (Å²) in [6, 6.07) is 11.4. The number of thioether (sulfide) groups is 1. The number of aromatic nitrogens is 4. The second-order valence-electron chi connectivity index (χ2n) is 6.52. The molecule has 0 unspecified atom stereocenters. The number of aryl methyl sites for hydroxylation is 1. The summed E-state index contributed by atoms with van der Waals surface area (Å²) < 4.78 is 6.78. The van der Waals surface area contributed by atoms with E-state index in [-0.39, 0.29) is 11.7 Å². The lowest BCUT2D eigenvalue weighted by Crippen LogP contribution is -2.12. The fourth-order valence-corrected chi connectivity index (χ4v) is 5.59. The standard InChI is InChI=1S/C21H15N5O2S3/c1-12-25-26-21(31-12)30-10-15-14-6-2-3-7-17(14)28-18(15)19(27)24-20-23-16(11-29-20)13-5-4-8-22-9-13/h2-9,11H,10H2,1H3,(H,23,24,27). The van der Waals surface area contributed by atoms with E-state index in [4.69, 9.17) is 4.42 Å². The highest BCUT2D eigenvalue weighted by Crippen LogP contribution is 2.34. The quantitative estimate of drug-likeness (QED) is 0.324. The number of nitrogens with zero attached hydrogens (tertiary/aromatic N) is 4. The molecular formula is C21H15N5O2S3. The first-order chi connectivity index (χ1) is 15.2. The van der Waals surface area contributed by atoms with Crippen molar-refractivity contribution >= 4 is 56.4 Å². The topological polar surface area (TPSA) is 93.8 Å². The van der Waals surface area contributed by atoms with Crippen LogP contribution in [0.3, 0.4) is 0 Å². The van der Waals surface area contributed by atoms with Gasteiger partial charge in [-0.15, -0.1) is 21.5 Å². The van der Waals surface area contributed by atoms with Crippen molar-refractivity contribution in [2.75, 3.05) is 5.32 Å². The number of nitrogens with one attached hydrogen (secondary N) is 1. The number of furan rings is 1. The van der Waals surface area contributed by atoms with Gasteiger partial charge in [-0.2, -0.15) is 0 Å². The maximum Gasteiger partial charge on any atom is 0.293 e. The fraction of sp³-hybridized carbons (Fsp3) is 0.0952. The Morgan fingerprint density at radius 1 is 1.19 bits per heavy atom.